The van der Waals surface area contributed by atoms with Crippen molar-refractivity contribution in [3.8, 4) is 0 Å². The highest BCUT2D eigenvalue weighted by molar-refractivity contribution is 5.67. The Labute approximate surface area is 74.5 Å². The number of hydrogen-bond donors (Lipinski definition) is 1. The molecule has 0 aliphatic carbocycles. The summed E-state index contributed by atoms with van der Waals surface area (Å²) in [6.45, 7) is 4.23. The number of nitrogens with one attached hydrogen (secondary N) is 1. The van der Waals surface area contributed by atoms with E-state index in [9.17, 15) is 4.79 Å². The summed E-state index contributed by atoms with van der Waals surface area (Å²) in [5.74, 6) is 0. The van der Waals surface area contributed by atoms with Crippen LogP contribution in [-0.4, -0.2) is 19.2 Å². The van der Waals surface area contributed by atoms with Crippen LogP contribution in [0.5, 0.6) is 0 Å². The van der Waals surface area contributed by atoms with Gasteiger partial charge in [-0.3, -0.25) is 0 Å². The summed E-state index contributed by atoms with van der Waals surface area (Å²) < 4.78 is 4.52. The zero-order valence-corrected chi connectivity index (χ0v) is 8.22. The number of hydrogen-bond acceptors (Lipinski definition) is 2. The highest BCUT2D eigenvalue weighted by Crippen LogP contribution is 2.04. The summed E-state index contributed by atoms with van der Waals surface area (Å²) >= 11 is 0. The van der Waals surface area contributed by atoms with Crippen LogP contribution in [0.2, 0.25) is 0 Å². The molecular formula is C9H19NO2. The molecule has 1 N–H and O–H groups in total. The maximum absolute atomic E-state index is 10.8. The van der Waals surface area contributed by atoms with E-state index in [1.807, 2.05) is 0 Å². The molecule has 1 amide bonds. The predicted molar refractivity (Wildman–Crippen MR) is 49.1 cm³/mol. The molecule has 3 heteroatoms. The smallest absolute Gasteiger partial charge is 0.407 e. The third kappa shape index (κ3) is 4.99. The molecule has 0 aliphatic heterocycles. The molecule has 0 fully saturated rings. The summed E-state index contributed by atoms with van der Waals surface area (Å²) in [6, 6.07) is 0.285. The second kappa shape index (κ2) is 6.95. The zero-order valence-electron chi connectivity index (χ0n) is 8.22. The van der Waals surface area contributed by atoms with Gasteiger partial charge in [-0.15, -0.1) is 0 Å². The molecule has 0 bridgehead atoms. The third-order valence-electron chi connectivity index (χ3n) is 1.78. The van der Waals surface area contributed by atoms with Crippen LogP contribution >= 0.6 is 0 Å². The van der Waals surface area contributed by atoms with Gasteiger partial charge >= 0.3 is 6.09 Å². The maximum Gasteiger partial charge on any atom is 0.407 e. The normalized spacial score (nSPS) is 10.0. The summed E-state index contributed by atoms with van der Waals surface area (Å²) in [6.07, 6.45) is 3.93. The Kier molecular flexibility index (Phi) is 6.53. The molecule has 0 heterocycles. The molecule has 0 aliphatic rings. The lowest BCUT2D eigenvalue weighted by molar-refractivity contribution is 0.165. The number of carbonyl (C=O) groups is 1. The fraction of sp³-hybridized carbons (Fsp3) is 0.889. The maximum atomic E-state index is 10.8. The standard InChI is InChI=1S/C9H19NO2/c1-4-6-8(7-5-2)10-9(11)12-3/h8H,4-7H2,1-3H3,(H,10,11). The fourth-order valence-electron chi connectivity index (χ4n) is 1.21. The van der Waals surface area contributed by atoms with Gasteiger partial charge < -0.3 is 10.1 Å². The van der Waals surface area contributed by atoms with Crippen LogP contribution in [0.15, 0.2) is 0 Å². The molecule has 0 unspecified atom stereocenters. The van der Waals surface area contributed by atoms with Crippen molar-refractivity contribution in [3.05, 3.63) is 0 Å². The van der Waals surface area contributed by atoms with Gasteiger partial charge in [0.1, 0.15) is 0 Å². The first-order chi connectivity index (χ1) is 5.74. The van der Waals surface area contributed by atoms with Gasteiger partial charge in [0, 0.05) is 6.04 Å². The lowest BCUT2D eigenvalue weighted by Crippen LogP contribution is -2.34. The minimum atomic E-state index is -0.318. The largest absolute Gasteiger partial charge is 0.453 e. The molecule has 0 saturated carbocycles. The van der Waals surface area contributed by atoms with E-state index in [0.717, 1.165) is 25.7 Å². The Hall–Kier alpha value is -0.730. The van der Waals surface area contributed by atoms with Crippen LogP contribution in [0, 0.1) is 0 Å². The molecular weight excluding hydrogens is 154 g/mol. The van der Waals surface area contributed by atoms with Crippen LogP contribution in [-0.2, 0) is 4.74 Å². The monoisotopic (exact) mass is 173 g/mol. The number of ether oxygens (including phenoxy) is 1. The molecule has 0 aromatic carbocycles. The van der Waals surface area contributed by atoms with Crippen molar-refractivity contribution in [2.45, 2.75) is 45.6 Å². The number of carbonyl (C=O) groups excluding carboxylic acids is 1. The minimum absolute atomic E-state index is 0.285. The first kappa shape index (κ1) is 11.3. The van der Waals surface area contributed by atoms with Gasteiger partial charge in [-0.1, -0.05) is 26.7 Å². The summed E-state index contributed by atoms with van der Waals surface area (Å²) in [5.41, 5.74) is 0. The predicted octanol–water partition coefficient (Wildman–Crippen LogP) is 2.31. The van der Waals surface area contributed by atoms with Crippen molar-refractivity contribution in [2.24, 2.45) is 0 Å². The summed E-state index contributed by atoms with van der Waals surface area (Å²) in [4.78, 5) is 10.8. The Morgan fingerprint density at radius 1 is 1.33 bits per heavy atom. The van der Waals surface area contributed by atoms with Gasteiger partial charge in [-0.2, -0.15) is 0 Å². The van der Waals surface area contributed by atoms with Crippen molar-refractivity contribution >= 4 is 6.09 Å². The SMILES string of the molecule is CCCC(CCC)NC(=O)OC. The van der Waals surface area contributed by atoms with Gasteiger partial charge in [0.25, 0.3) is 0 Å². The molecule has 0 saturated heterocycles. The molecule has 0 aromatic heterocycles. The van der Waals surface area contributed by atoms with Crippen molar-refractivity contribution in [3.63, 3.8) is 0 Å². The van der Waals surface area contributed by atoms with Crippen LogP contribution in [0.3, 0.4) is 0 Å². The van der Waals surface area contributed by atoms with E-state index >= 15 is 0 Å². The number of alkyl carbamates (subject to hydrolysis) is 1. The van der Waals surface area contributed by atoms with Crippen molar-refractivity contribution < 1.29 is 9.53 Å². The quantitative estimate of drug-likeness (QED) is 0.692. The average molecular weight is 173 g/mol. The van der Waals surface area contributed by atoms with Crippen molar-refractivity contribution in [1.82, 2.24) is 5.32 Å². The highest BCUT2D eigenvalue weighted by atomic mass is 16.5. The Morgan fingerprint density at radius 2 is 1.83 bits per heavy atom. The van der Waals surface area contributed by atoms with Crippen LogP contribution < -0.4 is 5.32 Å². The highest BCUT2D eigenvalue weighted by Gasteiger charge is 2.09. The average Bonchev–Trinajstić information content (AvgIpc) is 2.05. The van der Waals surface area contributed by atoms with Gasteiger partial charge in [0.2, 0.25) is 0 Å². The lowest BCUT2D eigenvalue weighted by Gasteiger charge is -2.15. The fourth-order valence-corrected chi connectivity index (χ4v) is 1.21. The van der Waals surface area contributed by atoms with Crippen molar-refractivity contribution in [1.29, 1.82) is 0 Å². The topological polar surface area (TPSA) is 38.3 Å². The zero-order chi connectivity index (χ0) is 9.40. The molecule has 0 spiro atoms. The number of methoxy groups -OCH3 is 1. The van der Waals surface area contributed by atoms with Gasteiger partial charge in [0.15, 0.2) is 0 Å². The van der Waals surface area contributed by atoms with E-state index in [4.69, 9.17) is 0 Å². The minimum Gasteiger partial charge on any atom is -0.453 e. The van der Waals surface area contributed by atoms with E-state index in [1.165, 1.54) is 7.11 Å². The van der Waals surface area contributed by atoms with E-state index in [1.54, 1.807) is 0 Å². The van der Waals surface area contributed by atoms with Crippen LogP contribution in [0.4, 0.5) is 4.79 Å². The second-order valence-electron chi connectivity index (χ2n) is 2.91. The Balaban J connectivity index is 3.68. The van der Waals surface area contributed by atoms with Crippen LogP contribution in [0.1, 0.15) is 39.5 Å². The molecule has 0 aromatic rings. The van der Waals surface area contributed by atoms with E-state index in [0.29, 0.717) is 0 Å². The molecule has 0 radical (unpaired) electrons. The van der Waals surface area contributed by atoms with Crippen LogP contribution in [0.25, 0.3) is 0 Å². The number of rotatable bonds is 5. The molecule has 12 heavy (non-hydrogen) atoms. The summed E-state index contributed by atoms with van der Waals surface area (Å²) in [7, 11) is 1.39. The van der Waals surface area contributed by atoms with E-state index < -0.39 is 0 Å². The second-order valence-corrected chi connectivity index (χ2v) is 2.91. The summed E-state index contributed by atoms with van der Waals surface area (Å²) in [5, 5.41) is 2.81. The Morgan fingerprint density at radius 3 is 2.17 bits per heavy atom. The first-order valence-corrected chi connectivity index (χ1v) is 4.59. The van der Waals surface area contributed by atoms with E-state index in [2.05, 4.69) is 23.9 Å². The molecule has 3 nitrogen and oxygen atoms in total. The molecule has 0 rings (SSSR count). The van der Waals surface area contributed by atoms with Gasteiger partial charge in [0.05, 0.1) is 7.11 Å². The third-order valence-corrected chi connectivity index (χ3v) is 1.78. The lowest BCUT2D eigenvalue weighted by atomic mass is 10.1. The molecule has 72 valence electrons. The number of amides is 1. The molecule has 0 atom stereocenters. The van der Waals surface area contributed by atoms with Gasteiger partial charge in [-0.25, -0.2) is 4.79 Å². The van der Waals surface area contributed by atoms with E-state index in [-0.39, 0.29) is 12.1 Å². The van der Waals surface area contributed by atoms with Crippen molar-refractivity contribution in [2.75, 3.05) is 7.11 Å². The Bertz CT molecular complexity index is 120. The first-order valence-electron chi connectivity index (χ1n) is 4.59. The van der Waals surface area contributed by atoms with Gasteiger partial charge in [-0.05, 0) is 12.8 Å².